The Morgan fingerprint density at radius 1 is 1.16 bits per heavy atom. The first kappa shape index (κ1) is 18.0. The van der Waals surface area contributed by atoms with Crippen LogP contribution in [-0.2, 0) is 9.59 Å². The van der Waals surface area contributed by atoms with Gasteiger partial charge in [-0.25, -0.2) is 13.2 Å². The van der Waals surface area contributed by atoms with Crippen LogP contribution in [0.5, 0.6) is 0 Å². The topological polar surface area (TPSA) is 73.2 Å². The predicted molar refractivity (Wildman–Crippen MR) is 84.1 cm³/mol. The van der Waals surface area contributed by atoms with Crippen molar-refractivity contribution in [3.8, 4) is 6.07 Å². The Morgan fingerprint density at radius 3 is 2.52 bits per heavy atom. The molecule has 128 valence electrons. The van der Waals surface area contributed by atoms with Crippen molar-refractivity contribution in [1.82, 2.24) is 0 Å². The van der Waals surface area contributed by atoms with Crippen molar-refractivity contribution < 1.29 is 22.8 Å². The average Bonchev–Trinajstić information content (AvgIpc) is 2.60. The molecule has 25 heavy (non-hydrogen) atoms. The molecule has 0 spiro atoms. The zero-order valence-corrected chi connectivity index (χ0v) is 13.0. The smallest absolute Gasteiger partial charge is 0.244 e. The number of nitrogens with one attached hydrogen (secondary N) is 1. The highest BCUT2D eigenvalue weighted by molar-refractivity contribution is 6.01. The van der Waals surface area contributed by atoms with Crippen LogP contribution in [0.4, 0.5) is 24.5 Å². The van der Waals surface area contributed by atoms with Crippen molar-refractivity contribution in [3.63, 3.8) is 0 Å². The number of nitriles is 1. The maximum atomic E-state index is 13.6. The summed E-state index contributed by atoms with van der Waals surface area (Å²) < 4.78 is 39.7. The molecular weight excluding hydrogens is 335 g/mol. The Bertz CT molecular complexity index is 878. The normalized spacial score (nSPS) is 10.0. The minimum atomic E-state index is -1.71. The van der Waals surface area contributed by atoms with E-state index < -0.39 is 41.5 Å². The van der Waals surface area contributed by atoms with Gasteiger partial charge in [0.15, 0.2) is 17.5 Å². The Labute approximate surface area is 141 Å². The Balaban J connectivity index is 2.20. The highest BCUT2D eigenvalue weighted by atomic mass is 19.2. The van der Waals surface area contributed by atoms with E-state index in [1.165, 1.54) is 31.2 Å². The van der Waals surface area contributed by atoms with E-state index >= 15 is 0 Å². The van der Waals surface area contributed by atoms with Gasteiger partial charge >= 0.3 is 0 Å². The van der Waals surface area contributed by atoms with Crippen molar-refractivity contribution in [2.45, 2.75) is 6.92 Å². The molecule has 8 heteroatoms. The summed E-state index contributed by atoms with van der Waals surface area (Å²) in [5.41, 5.74) is 0.0430. The molecule has 2 aromatic rings. The summed E-state index contributed by atoms with van der Waals surface area (Å²) in [6.45, 7) is 0.715. The van der Waals surface area contributed by atoms with Crippen LogP contribution in [0, 0.1) is 28.8 Å². The molecule has 0 aliphatic rings. The third kappa shape index (κ3) is 4.14. The number of rotatable bonds is 4. The molecule has 2 amide bonds. The van der Waals surface area contributed by atoms with Gasteiger partial charge in [0.2, 0.25) is 11.8 Å². The number of carbonyl (C=O) groups is 2. The maximum Gasteiger partial charge on any atom is 0.244 e. The molecule has 0 saturated carbocycles. The highest BCUT2D eigenvalue weighted by Crippen LogP contribution is 2.20. The summed E-state index contributed by atoms with van der Waals surface area (Å²) in [6, 6.07) is 9.45. The lowest BCUT2D eigenvalue weighted by atomic mass is 10.2. The molecule has 0 aliphatic carbocycles. The summed E-state index contributed by atoms with van der Waals surface area (Å²) in [5.74, 6) is -5.93. The summed E-state index contributed by atoms with van der Waals surface area (Å²) in [7, 11) is 0. The number of benzene rings is 2. The molecule has 0 saturated heterocycles. The zero-order chi connectivity index (χ0) is 18.6. The van der Waals surface area contributed by atoms with Crippen LogP contribution in [0.15, 0.2) is 36.4 Å². The predicted octanol–water partition coefficient (Wildman–Crippen LogP) is 2.97. The fourth-order valence-corrected chi connectivity index (χ4v) is 2.08. The van der Waals surface area contributed by atoms with Crippen LogP contribution < -0.4 is 10.2 Å². The average molecular weight is 347 g/mol. The van der Waals surface area contributed by atoms with Crippen LogP contribution in [0.25, 0.3) is 0 Å². The van der Waals surface area contributed by atoms with Gasteiger partial charge in [0.25, 0.3) is 0 Å². The van der Waals surface area contributed by atoms with Gasteiger partial charge in [0.05, 0.1) is 17.3 Å². The Kier molecular flexibility index (Phi) is 5.39. The van der Waals surface area contributed by atoms with E-state index in [9.17, 15) is 22.8 Å². The number of anilines is 2. The van der Waals surface area contributed by atoms with E-state index in [-0.39, 0.29) is 5.56 Å². The van der Waals surface area contributed by atoms with E-state index in [0.717, 1.165) is 11.0 Å². The molecule has 0 fully saturated rings. The molecule has 0 aromatic heterocycles. The van der Waals surface area contributed by atoms with Gasteiger partial charge in [0.1, 0.15) is 6.54 Å². The van der Waals surface area contributed by atoms with Crippen molar-refractivity contribution in [2.24, 2.45) is 0 Å². The molecule has 1 N–H and O–H groups in total. The van der Waals surface area contributed by atoms with Gasteiger partial charge in [0, 0.05) is 12.6 Å². The first-order valence-electron chi connectivity index (χ1n) is 7.05. The highest BCUT2D eigenvalue weighted by Gasteiger charge is 2.19. The third-order valence-electron chi connectivity index (χ3n) is 3.28. The van der Waals surface area contributed by atoms with Crippen LogP contribution in [0.2, 0.25) is 0 Å². The lowest BCUT2D eigenvalue weighted by Gasteiger charge is -2.21. The second kappa shape index (κ2) is 7.49. The summed E-state index contributed by atoms with van der Waals surface area (Å²) >= 11 is 0. The van der Waals surface area contributed by atoms with Crippen LogP contribution >= 0.6 is 0 Å². The Hall–Kier alpha value is -3.34. The number of amides is 2. The number of halogens is 3. The van der Waals surface area contributed by atoms with Gasteiger partial charge in [-0.15, -0.1) is 0 Å². The molecule has 0 bridgehead atoms. The fraction of sp³-hybridized carbons (Fsp3) is 0.118. The number of hydrogen-bond donors (Lipinski definition) is 1. The fourth-order valence-electron chi connectivity index (χ4n) is 2.08. The van der Waals surface area contributed by atoms with E-state index in [1.54, 1.807) is 0 Å². The molecule has 0 atom stereocenters. The first-order valence-corrected chi connectivity index (χ1v) is 7.05. The van der Waals surface area contributed by atoms with Crippen LogP contribution in [0.1, 0.15) is 12.5 Å². The second-order valence-corrected chi connectivity index (χ2v) is 5.04. The lowest BCUT2D eigenvalue weighted by Crippen LogP contribution is -2.36. The van der Waals surface area contributed by atoms with Crippen molar-refractivity contribution in [1.29, 1.82) is 5.26 Å². The Morgan fingerprint density at radius 2 is 1.88 bits per heavy atom. The molecule has 5 nitrogen and oxygen atoms in total. The summed E-state index contributed by atoms with van der Waals surface area (Å²) in [5, 5.41) is 11.0. The molecule has 2 rings (SSSR count). The van der Waals surface area contributed by atoms with Gasteiger partial charge in [-0.2, -0.15) is 5.26 Å². The molecule has 0 radical (unpaired) electrons. The van der Waals surface area contributed by atoms with Gasteiger partial charge in [-0.05, 0) is 30.3 Å². The molecule has 0 aliphatic heterocycles. The summed E-state index contributed by atoms with van der Waals surface area (Å²) in [6.07, 6.45) is 0. The minimum Gasteiger partial charge on any atom is -0.322 e. The number of carbonyl (C=O) groups excluding carboxylic acids is 2. The standard InChI is InChI=1S/C17H12F3N3O2/c1-10(24)23(12-4-2-3-11(7-12)8-21)9-15(25)22-14-6-5-13(18)16(19)17(14)20/h2-7H,9H2,1H3,(H,22,25). The van der Waals surface area contributed by atoms with Crippen molar-refractivity contribution >= 4 is 23.2 Å². The zero-order valence-electron chi connectivity index (χ0n) is 13.0. The largest absolute Gasteiger partial charge is 0.322 e. The van der Waals surface area contributed by atoms with Gasteiger partial charge in [-0.1, -0.05) is 6.07 Å². The van der Waals surface area contributed by atoms with Gasteiger partial charge in [-0.3, -0.25) is 9.59 Å². The monoisotopic (exact) mass is 347 g/mol. The minimum absolute atomic E-state index is 0.288. The number of nitrogens with zero attached hydrogens (tertiary/aromatic N) is 2. The van der Waals surface area contributed by atoms with Crippen LogP contribution in [0.3, 0.4) is 0 Å². The third-order valence-corrected chi connectivity index (χ3v) is 3.28. The van der Waals surface area contributed by atoms with E-state index in [4.69, 9.17) is 5.26 Å². The van der Waals surface area contributed by atoms with Crippen LogP contribution in [-0.4, -0.2) is 18.4 Å². The van der Waals surface area contributed by atoms with E-state index in [1.807, 2.05) is 6.07 Å². The first-order chi connectivity index (χ1) is 11.8. The quantitative estimate of drug-likeness (QED) is 0.864. The maximum absolute atomic E-state index is 13.6. The van der Waals surface area contributed by atoms with E-state index in [2.05, 4.69) is 5.32 Å². The van der Waals surface area contributed by atoms with E-state index in [0.29, 0.717) is 11.8 Å². The van der Waals surface area contributed by atoms with Crippen molar-refractivity contribution in [3.05, 3.63) is 59.4 Å². The number of hydrogen-bond acceptors (Lipinski definition) is 3. The molecule has 0 unspecified atom stereocenters. The second-order valence-electron chi connectivity index (χ2n) is 5.04. The molecule has 2 aromatic carbocycles. The molecule has 0 heterocycles. The van der Waals surface area contributed by atoms with Gasteiger partial charge < -0.3 is 10.2 Å². The lowest BCUT2D eigenvalue weighted by molar-refractivity contribution is -0.120. The van der Waals surface area contributed by atoms with Crippen molar-refractivity contribution in [2.75, 3.05) is 16.8 Å². The molecular formula is C17H12F3N3O2. The summed E-state index contributed by atoms with van der Waals surface area (Å²) in [4.78, 5) is 24.9. The SMILES string of the molecule is CC(=O)N(CC(=O)Nc1ccc(F)c(F)c1F)c1cccc(C#N)c1.